The van der Waals surface area contributed by atoms with E-state index in [-0.39, 0.29) is 31.2 Å². The molecule has 0 spiro atoms. The Morgan fingerprint density at radius 2 is 2.03 bits per heavy atom. The van der Waals surface area contributed by atoms with E-state index in [2.05, 4.69) is 11.9 Å². The molecule has 2 heterocycles. The van der Waals surface area contributed by atoms with E-state index < -0.39 is 11.6 Å². The Labute approximate surface area is 168 Å². The van der Waals surface area contributed by atoms with Gasteiger partial charge in [-0.2, -0.15) is 0 Å². The van der Waals surface area contributed by atoms with Crippen LogP contribution in [0.1, 0.15) is 23.2 Å². The lowest BCUT2D eigenvalue weighted by Gasteiger charge is -2.48. The number of nitrogens with one attached hydrogen (secondary N) is 1. The molecule has 7 nitrogen and oxygen atoms in total. The smallest absolute Gasteiger partial charge is 0.271 e. The van der Waals surface area contributed by atoms with Crippen LogP contribution >= 0.6 is 0 Å². The Morgan fingerprint density at radius 1 is 1.24 bits per heavy atom. The molecule has 1 saturated heterocycles. The summed E-state index contributed by atoms with van der Waals surface area (Å²) in [6.07, 6.45) is 1.93. The quantitative estimate of drug-likeness (QED) is 0.795. The van der Waals surface area contributed by atoms with E-state index >= 15 is 0 Å². The number of para-hydroxylation sites is 1. The molecule has 29 heavy (non-hydrogen) atoms. The summed E-state index contributed by atoms with van der Waals surface area (Å²) in [5.41, 5.74) is -0.0665. The molecule has 0 unspecified atom stereocenters. The summed E-state index contributed by atoms with van der Waals surface area (Å²) in [7, 11) is 1.54. The van der Waals surface area contributed by atoms with E-state index in [4.69, 9.17) is 4.74 Å². The Morgan fingerprint density at radius 3 is 2.79 bits per heavy atom. The third kappa shape index (κ3) is 2.77. The van der Waals surface area contributed by atoms with Crippen LogP contribution in [0.15, 0.2) is 61.2 Å². The number of hydrogen-bond acceptors (Lipinski definition) is 4. The molecule has 1 fully saturated rings. The first-order valence-corrected chi connectivity index (χ1v) is 9.33. The van der Waals surface area contributed by atoms with E-state index in [1.54, 1.807) is 61.7 Å². The van der Waals surface area contributed by atoms with Crippen LogP contribution in [-0.2, 0) is 9.59 Å². The largest absolute Gasteiger partial charge is 0.497 e. The highest BCUT2D eigenvalue weighted by Crippen LogP contribution is 2.45. The fraction of sp³-hybridized carbons (Fsp3) is 0.227. The van der Waals surface area contributed by atoms with Gasteiger partial charge in [-0.3, -0.25) is 19.3 Å². The first-order chi connectivity index (χ1) is 14.0. The summed E-state index contributed by atoms with van der Waals surface area (Å²) in [5.74, 6) is -0.346. The molecule has 1 N–H and O–H groups in total. The molecule has 7 heteroatoms. The van der Waals surface area contributed by atoms with Crippen molar-refractivity contribution in [2.45, 2.75) is 18.5 Å². The number of hydrogen-bond donors (Lipinski definition) is 1. The van der Waals surface area contributed by atoms with Crippen LogP contribution in [-0.4, -0.2) is 41.9 Å². The predicted molar refractivity (Wildman–Crippen MR) is 109 cm³/mol. The van der Waals surface area contributed by atoms with Crippen molar-refractivity contribution in [1.29, 1.82) is 0 Å². The molecule has 148 valence electrons. The molecule has 2 aromatic rings. The van der Waals surface area contributed by atoms with Gasteiger partial charge in [0.25, 0.3) is 11.8 Å². The van der Waals surface area contributed by atoms with E-state index in [0.29, 0.717) is 22.7 Å². The number of nitrogens with zero attached hydrogens (tertiary/aromatic N) is 2. The number of ether oxygens (including phenoxy) is 1. The van der Waals surface area contributed by atoms with Crippen molar-refractivity contribution < 1.29 is 19.1 Å². The van der Waals surface area contributed by atoms with Crippen LogP contribution in [0.2, 0.25) is 0 Å². The van der Waals surface area contributed by atoms with Crippen LogP contribution in [0, 0.1) is 0 Å². The van der Waals surface area contributed by atoms with Gasteiger partial charge < -0.3 is 15.0 Å². The molecule has 4 rings (SSSR count). The molecule has 2 aliphatic rings. The molecule has 2 aromatic carbocycles. The molecular formula is C22H21N3O4. The number of rotatable bonds is 5. The molecule has 0 radical (unpaired) electrons. The second-order valence-electron chi connectivity index (χ2n) is 6.95. The summed E-state index contributed by atoms with van der Waals surface area (Å²) >= 11 is 0. The zero-order valence-electron chi connectivity index (χ0n) is 16.1. The first-order valence-electron chi connectivity index (χ1n) is 9.33. The number of carbonyl (C=O) groups is 3. The fourth-order valence-electron chi connectivity index (χ4n) is 4.10. The summed E-state index contributed by atoms with van der Waals surface area (Å²) in [6, 6.07) is 13.8. The van der Waals surface area contributed by atoms with E-state index in [1.165, 1.54) is 9.80 Å². The molecule has 1 atom stereocenters. The lowest BCUT2D eigenvalue weighted by molar-refractivity contribution is -0.128. The van der Waals surface area contributed by atoms with Gasteiger partial charge in [-0.25, -0.2) is 0 Å². The van der Waals surface area contributed by atoms with Crippen molar-refractivity contribution in [1.82, 2.24) is 4.90 Å². The van der Waals surface area contributed by atoms with Crippen molar-refractivity contribution in [2.24, 2.45) is 0 Å². The molecule has 0 aliphatic carbocycles. The van der Waals surface area contributed by atoms with Crippen LogP contribution in [0.4, 0.5) is 11.4 Å². The van der Waals surface area contributed by atoms with E-state index in [0.717, 1.165) is 0 Å². The molecular weight excluding hydrogens is 370 g/mol. The normalized spacial score (nSPS) is 20.2. The van der Waals surface area contributed by atoms with Crippen LogP contribution in [0.5, 0.6) is 5.75 Å². The van der Waals surface area contributed by atoms with Crippen molar-refractivity contribution in [3.63, 3.8) is 0 Å². The zero-order valence-corrected chi connectivity index (χ0v) is 16.1. The molecule has 0 aromatic heterocycles. The lowest BCUT2D eigenvalue weighted by atomic mass is 9.95. The standard InChI is InChI=1S/C22H21N3O4/c1-3-13-24-20(27)17-9-4-5-10-18(17)25-19(26)11-12-22(24,25)21(28)23-15-7-6-8-16(14-15)29-2/h3-10,14H,1,11-13H2,2H3,(H,23,28)/t22-/m0/s1. The minimum Gasteiger partial charge on any atom is -0.497 e. The third-order valence-electron chi connectivity index (χ3n) is 5.38. The van der Waals surface area contributed by atoms with E-state index in [1.807, 2.05) is 0 Å². The van der Waals surface area contributed by atoms with Gasteiger partial charge in [0, 0.05) is 31.1 Å². The molecule has 3 amide bonds. The average Bonchev–Trinajstić information content (AvgIpc) is 3.09. The number of amides is 3. The Balaban J connectivity index is 1.83. The topological polar surface area (TPSA) is 79.0 Å². The number of anilines is 2. The maximum atomic E-state index is 13.6. The lowest BCUT2D eigenvalue weighted by Crippen LogP contribution is -2.69. The summed E-state index contributed by atoms with van der Waals surface area (Å²) < 4.78 is 5.21. The summed E-state index contributed by atoms with van der Waals surface area (Å²) in [4.78, 5) is 42.6. The Bertz CT molecular complexity index is 1020. The van der Waals surface area contributed by atoms with Gasteiger partial charge in [0.2, 0.25) is 11.6 Å². The van der Waals surface area contributed by atoms with Gasteiger partial charge in [0.05, 0.1) is 18.4 Å². The van der Waals surface area contributed by atoms with Gasteiger partial charge in [0.15, 0.2) is 0 Å². The summed E-state index contributed by atoms with van der Waals surface area (Å²) in [5, 5.41) is 2.87. The molecule has 0 saturated carbocycles. The zero-order chi connectivity index (χ0) is 20.6. The number of methoxy groups -OCH3 is 1. The second kappa shape index (κ2) is 7.09. The van der Waals surface area contributed by atoms with Crippen molar-refractivity contribution >= 4 is 29.1 Å². The summed E-state index contributed by atoms with van der Waals surface area (Å²) in [6.45, 7) is 3.87. The highest BCUT2D eigenvalue weighted by Gasteiger charge is 2.60. The predicted octanol–water partition coefficient (Wildman–Crippen LogP) is 2.80. The van der Waals surface area contributed by atoms with Crippen LogP contribution < -0.4 is 15.0 Å². The number of benzene rings is 2. The van der Waals surface area contributed by atoms with Gasteiger partial charge in [0.1, 0.15) is 5.75 Å². The van der Waals surface area contributed by atoms with E-state index in [9.17, 15) is 14.4 Å². The Kier molecular flexibility index (Phi) is 4.58. The highest BCUT2D eigenvalue weighted by molar-refractivity contribution is 6.18. The van der Waals surface area contributed by atoms with Crippen molar-refractivity contribution in [3.8, 4) is 5.75 Å². The maximum Gasteiger partial charge on any atom is 0.271 e. The second-order valence-corrected chi connectivity index (χ2v) is 6.95. The SMILES string of the molecule is C=CCN1C(=O)c2ccccc2N2C(=O)CC[C@]12C(=O)Nc1cccc(OC)c1. The van der Waals surface area contributed by atoms with Gasteiger partial charge in [-0.05, 0) is 24.3 Å². The minimum atomic E-state index is -1.44. The molecule has 2 aliphatic heterocycles. The van der Waals surface area contributed by atoms with Crippen LogP contribution in [0.3, 0.4) is 0 Å². The fourth-order valence-corrected chi connectivity index (χ4v) is 4.10. The Hall–Kier alpha value is -3.61. The molecule has 0 bridgehead atoms. The van der Waals surface area contributed by atoms with Gasteiger partial charge in [-0.15, -0.1) is 6.58 Å². The van der Waals surface area contributed by atoms with Crippen molar-refractivity contribution in [2.75, 3.05) is 23.9 Å². The van der Waals surface area contributed by atoms with Gasteiger partial charge in [-0.1, -0.05) is 24.3 Å². The third-order valence-corrected chi connectivity index (χ3v) is 5.38. The number of carbonyl (C=O) groups excluding carboxylic acids is 3. The average molecular weight is 391 g/mol. The van der Waals surface area contributed by atoms with Crippen molar-refractivity contribution in [3.05, 3.63) is 66.7 Å². The highest BCUT2D eigenvalue weighted by atomic mass is 16.5. The van der Waals surface area contributed by atoms with Gasteiger partial charge >= 0.3 is 0 Å². The number of fused-ring (bicyclic) bond motifs is 3. The van der Waals surface area contributed by atoms with Crippen LogP contribution in [0.25, 0.3) is 0 Å². The monoisotopic (exact) mass is 391 g/mol. The maximum absolute atomic E-state index is 13.6. The first kappa shape index (κ1) is 18.7. The minimum absolute atomic E-state index is 0.141.